The van der Waals surface area contributed by atoms with Gasteiger partial charge in [-0.15, -0.1) is 0 Å². The van der Waals surface area contributed by atoms with Crippen molar-refractivity contribution in [2.45, 2.75) is 63.8 Å². The van der Waals surface area contributed by atoms with E-state index in [0.29, 0.717) is 6.04 Å². The molecule has 1 radical (unpaired) electrons. The molecule has 1 aliphatic carbocycles. The van der Waals surface area contributed by atoms with Crippen LogP contribution in [-0.2, 0) is 4.79 Å². The zero-order valence-corrected chi connectivity index (χ0v) is 8.35. The number of hydrogen-bond acceptors (Lipinski definition) is 1. The van der Waals surface area contributed by atoms with Crippen LogP contribution in [0.1, 0.15) is 57.8 Å². The Morgan fingerprint density at radius 2 is 1.31 bits per heavy atom. The first-order valence-electron chi connectivity index (χ1n) is 5.56. The Bertz CT molecular complexity index is 126. The molecule has 0 aromatic carbocycles. The molecule has 0 aromatic rings. The van der Waals surface area contributed by atoms with Crippen LogP contribution in [0.3, 0.4) is 0 Å². The van der Waals surface area contributed by atoms with Crippen molar-refractivity contribution in [1.29, 1.82) is 0 Å². The van der Waals surface area contributed by atoms with Gasteiger partial charge in [-0.3, -0.25) is 4.79 Å². The molecular weight excluding hydrogens is 162 g/mol. The molecule has 0 bridgehead atoms. The number of carbonyl (C=O) groups excluding carboxylic acids is 1. The van der Waals surface area contributed by atoms with Gasteiger partial charge in [0.1, 0.15) is 0 Å². The van der Waals surface area contributed by atoms with Crippen molar-refractivity contribution in [2.24, 2.45) is 0 Å². The number of rotatable bonds is 2. The normalized spacial score (nSPS) is 22.2. The third-order valence-electron chi connectivity index (χ3n) is 2.87. The lowest BCUT2D eigenvalue weighted by Crippen LogP contribution is -2.27. The molecule has 1 amide bonds. The smallest absolute Gasteiger partial charge is 0.309 e. The second kappa shape index (κ2) is 6.93. The number of nitrogens with one attached hydrogen (secondary N) is 1. The van der Waals surface area contributed by atoms with Crippen LogP contribution < -0.4 is 5.32 Å². The number of amides is 1. The summed E-state index contributed by atoms with van der Waals surface area (Å²) in [6, 6.07) is 0.399. The first-order chi connectivity index (χ1) is 6.43. The van der Waals surface area contributed by atoms with E-state index in [1.807, 2.05) is 6.41 Å². The summed E-state index contributed by atoms with van der Waals surface area (Å²) in [5.74, 6) is 0. The molecule has 0 unspecified atom stereocenters. The summed E-state index contributed by atoms with van der Waals surface area (Å²) in [4.78, 5) is 10.2. The van der Waals surface area contributed by atoms with Crippen molar-refractivity contribution < 1.29 is 4.79 Å². The molecular formula is C11H20NO. The van der Waals surface area contributed by atoms with Crippen LogP contribution in [0.5, 0.6) is 0 Å². The van der Waals surface area contributed by atoms with Gasteiger partial charge in [0.2, 0.25) is 0 Å². The molecule has 75 valence electrons. The second-order valence-electron chi connectivity index (χ2n) is 4.00. The zero-order valence-electron chi connectivity index (χ0n) is 8.35. The maximum absolute atomic E-state index is 10.2. The Hall–Kier alpha value is -0.530. The van der Waals surface area contributed by atoms with Gasteiger partial charge in [-0.25, -0.2) is 0 Å². The molecule has 0 atom stereocenters. The van der Waals surface area contributed by atoms with E-state index >= 15 is 0 Å². The van der Waals surface area contributed by atoms with Crippen LogP contribution in [0, 0.1) is 0 Å². The molecule has 0 heterocycles. The Balaban J connectivity index is 2.21. The third kappa shape index (κ3) is 4.91. The molecule has 1 saturated carbocycles. The molecule has 1 N–H and O–H groups in total. The lowest BCUT2D eigenvalue weighted by molar-refractivity contribution is 0.426. The molecule has 0 aliphatic heterocycles. The van der Waals surface area contributed by atoms with Crippen LogP contribution in [0.4, 0.5) is 0 Å². The highest BCUT2D eigenvalue weighted by atomic mass is 16.1. The second-order valence-corrected chi connectivity index (χ2v) is 4.00. The number of hydrogen-bond donors (Lipinski definition) is 1. The summed E-state index contributed by atoms with van der Waals surface area (Å²) in [6.45, 7) is 0. The average molecular weight is 182 g/mol. The SMILES string of the molecule is O=[C]NC1CCCCCCCCC1. The monoisotopic (exact) mass is 182 g/mol. The maximum atomic E-state index is 10.2. The van der Waals surface area contributed by atoms with Crippen LogP contribution in [0.2, 0.25) is 0 Å². The highest BCUT2D eigenvalue weighted by molar-refractivity contribution is 5.47. The summed E-state index contributed by atoms with van der Waals surface area (Å²) in [6.07, 6.45) is 13.5. The van der Waals surface area contributed by atoms with E-state index < -0.39 is 0 Å². The van der Waals surface area contributed by atoms with Gasteiger partial charge < -0.3 is 5.32 Å². The quantitative estimate of drug-likeness (QED) is 0.653. The van der Waals surface area contributed by atoms with E-state index in [9.17, 15) is 4.79 Å². The molecule has 1 fully saturated rings. The Morgan fingerprint density at radius 3 is 1.77 bits per heavy atom. The third-order valence-corrected chi connectivity index (χ3v) is 2.87. The highest BCUT2D eigenvalue weighted by Gasteiger charge is 2.08. The molecule has 0 spiro atoms. The lowest BCUT2D eigenvalue weighted by Gasteiger charge is -2.16. The van der Waals surface area contributed by atoms with Crippen molar-refractivity contribution in [1.82, 2.24) is 5.32 Å². The van der Waals surface area contributed by atoms with Gasteiger partial charge >= 0.3 is 6.41 Å². The van der Waals surface area contributed by atoms with E-state index in [-0.39, 0.29) is 0 Å². The molecule has 13 heavy (non-hydrogen) atoms. The Kier molecular flexibility index (Phi) is 5.62. The molecule has 2 heteroatoms. The van der Waals surface area contributed by atoms with Crippen LogP contribution >= 0.6 is 0 Å². The van der Waals surface area contributed by atoms with Crippen molar-refractivity contribution in [3.63, 3.8) is 0 Å². The largest absolute Gasteiger partial charge is 0.345 e. The predicted molar refractivity (Wildman–Crippen MR) is 54.2 cm³/mol. The van der Waals surface area contributed by atoms with Crippen LogP contribution in [0.25, 0.3) is 0 Å². The van der Waals surface area contributed by atoms with Gasteiger partial charge in [0.15, 0.2) is 0 Å². The Labute approximate surface area is 81.1 Å². The summed E-state index contributed by atoms with van der Waals surface area (Å²) in [5.41, 5.74) is 0. The van der Waals surface area contributed by atoms with E-state index in [1.165, 1.54) is 44.9 Å². The topological polar surface area (TPSA) is 29.1 Å². The Morgan fingerprint density at radius 1 is 0.846 bits per heavy atom. The zero-order chi connectivity index (χ0) is 9.36. The predicted octanol–water partition coefficient (Wildman–Crippen LogP) is 2.54. The molecule has 0 saturated heterocycles. The molecule has 0 aromatic heterocycles. The van der Waals surface area contributed by atoms with Crippen molar-refractivity contribution in [3.8, 4) is 0 Å². The maximum Gasteiger partial charge on any atom is 0.309 e. The summed E-state index contributed by atoms with van der Waals surface area (Å²) < 4.78 is 0. The van der Waals surface area contributed by atoms with Crippen LogP contribution in [-0.4, -0.2) is 12.5 Å². The first-order valence-corrected chi connectivity index (χ1v) is 5.56. The molecule has 1 rings (SSSR count). The highest BCUT2D eigenvalue weighted by Crippen LogP contribution is 2.16. The summed E-state index contributed by atoms with van der Waals surface area (Å²) >= 11 is 0. The fraction of sp³-hybridized carbons (Fsp3) is 0.909. The van der Waals surface area contributed by atoms with Gasteiger partial charge in [-0.1, -0.05) is 44.9 Å². The fourth-order valence-electron chi connectivity index (χ4n) is 2.04. The van der Waals surface area contributed by atoms with Crippen LogP contribution in [0.15, 0.2) is 0 Å². The van der Waals surface area contributed by atoms with Crippen molar-refractivity contribution >= 4 is 6.41 Å². The minimum atomic E-state index is 0.399. The van der Waals surface area contributed by atoms with Gasteiger partial charge in [0, 0.05) is 6.04 Å². The van der Waals surface area contributed by atoms with E-state index in [0.717, 1.165) is 12.8 Å². The first kappa shape index (κ1) is 10.6. The minimum Gasteiger partial charge on any atom is -0.345 e. The van der Waals surface area contributed by atoms with E-state index in [1.54, 1.807) is 0 Å². The minimum absolute atomic E-state index is 0.399. The molecule has 1 aliphatic rings. The summed E-state index contributed by atoms with van der Waals surface area (Å²) in [7, 11) is 0. The van der Waals surface area contributed by atoms with Gasteiger partial charge in [-0.05, 0) is 12.8 Å². The van der Waals surface area contributed by atoms with Crippen molar-refractivity contribution in [3.05, 3.63) is 0 Å². The van der Waals surface area contributed by atoms with E-state index in [2.05, 4.69) is 5.32 Å². The van der Waals surface area contributed by atoms with E-state index in [4.69, 9.17) is 0 Å². The van der Waals surface area contributed by atoms with Gasteiger partial charge in [-0.2, -0.15) is 0 Å². The lowest BCUT2D eigenvalue weighted by atomic mass is 9.98. The average Bonchev–Trinajstić information content (AvgIpc) is 2.16. The standard InChI is InChI=1S/C11H20NO/c13-10-12-11-8-6-4-2-1-3-5-7-9-11/h11H,1-9H2,(H,12,13). The van der Waals surface area contributed by atoms with Gasteiger partial charge in [0.25, 0.3) is 0 Å². The van der Waals surface area contributed by atoms with Gasteiger partial charge in [0.05, 0.1) is 0 Å². The molecule has 2 nitrogen and oxygen atoms in total. The fourth-order valence-corrected chi connectivity index (χ4v) is 2.04. The van der Waals surface area contributed by atoms with Crippen molar-refractivity contribution in [2.75, 3.05) is 0 Å². The summed E-state index contributed by atoms with van der Waals surface area (Å²) in [5, 5.41) is 2.79.